The lowest BCUT2D eigenvalue weighted by Gasteiger charge is -2.38. The van der Waals surface area contributed by atoms with Crippen LogP contribution in [0.3, 0.4) is 0 Å². The molecule has 1 aromatic heterocycles. The molecule has 4 rings (SSSR count). The van der Waals surface area contributed by atoms with Gasteiger partial charge in [0.2, 0.25) is 15.9 Å². The zero-order valence-electron chi connectivity index (χ0n) is 20.9. The van der Waals surface area contributed by atoms with Crippen LogP contribution in [0.1, 0.15) is 20.3 Å². The average Bonchev–Trinajstić information content (AvgIpc) is 3.15. The number of aryl methyl sites for hydroxylation is 1. The topological polar surface area (TPSA) is 114 Å². The molecular weight excluding hydrogens is 484 g/mol. The predicted molar refractivity (Wildman–Crippen MR) is 137 cm³/mol. The van der Waals surface area contributed by atoms with Gasteiger partial charge in [0.25, 0.3) is 0 Å². The molecule has 3 aromatic rings. The maximum atomic E-state index is 13.4. The van der Waals surface area contributed by atoms with Gasteiger partial charge in [-0.3, -0.25) is 9.36 Å². The Labute approximate surface area is 210 Å². The summed E-state index contributed by atoms with van der Waals surface area (Å²) in [4.78, 5) is 29.1. The Morgan fingerprint density at radius 1 is 1.08 bits per heavy atom. The Balaban J connectivity index is 1.47. The first kappa shape index (κ1) is 25.8. The molecule has 1 atom stereocenters. The zero-order chi connectivity index (χ0) is 26.0. The molecule has 0 aliphatic carbocycles. The van der Waals surface area contributed by atoms with Crippen LogP contribution in [0.4, 0.5) is 5.69 Å². The second-order valence-corrected chi connectivity index (χ2v) is 11.1. The number of methoxy groups -OCH3 is 1. The van der Waals surface area contributed by atoms with E-state index in [1.54, 1.807) is 19.1 Å². The van der Waals surface area contributed by atoms with Crippen molar-refractivity contribution < 1.29 is 22.4 Å². The Morgan fingerprint density at radius 2 is 1.75 bits per heavy atom. The molecule has 0 bridgehead atoms. The van der Waals surface area contributed by atoms with Crippen LogP contribution in [-0.4, -0.2) is 63.1 Å². The number of hydrogen-bond donors (Lipinski definition) is 1. The standard InChI is InChI=1S/C25H32N4O6S/c1-17(2)15-21(26-36(32,33)20-9-10-22-23(16-20)35-25(31)27(22)3)24(30)29-13-11-28(12-14-29)18-5-7-19(34-4)8-6-18/h5-10,16-17,21,26H,11-15H2,1-4H3. The summed E-state index contributed by atoms with van der Waals surface area (Å²) in [5, 5.41) is 0. The van der Waals surface area contributed by atoms with E-state index in [1.807, 2.05) is 38.1 Å². The number of carbonyl (C=O) groups excluding carboxylic acids is 1. The van der Waals surface area contributed by atoms with E-state index in [0.717, 1.165) is 11.4 Å². The van der Waals surface area contributed by atoms with Crippen molar-refractivity contribution >= 4 is 32.7 Å². The van der Waals surface area contributed by atoms with Crippen molar-refractivity contribution in [2.45, 2.75) is 31.2 Å². The molecule has 1 aliphatic rings. The molecule has 1 saturated heterocycles. The number of piperazine rings is 1. The third-order valence-electron chi connectivity index (χ3n) is 6.41. The van der Waals surface area contributed by atoms with E-state index in [-0.39, 0.29) is 22.3 Å². The van der Waals surface area contributed by atoms with E-state index in [4.69, 9.17) is 9.15 Å². The molecule has 1 amide bonds. The third-order valence-corrected chi connectivity index (χ3v) is 7.87. The van der Waals surface area contributed by atoms with Crippen LogP contribution in [0, 0.1) is 5.92 Å². The Morgan fingerprint density at radius 3 is 2.36 bits per heavy atom. The number of ether oxygens (including phenoxy) is 1. The van der Waals surface area contributed by atoms with Gasteiger partial charge in [-0.25, -0.2) is 13.2 Å². The van der Waals surface area contributed by atoms with Crippen LogP contribution in [0.2, 0.25) is 0 Å². The van der Waals surface area contributed by atoms with Crippen molar-refractivity contribution in [2.24, 2.45) is 13.0 Å². The molecule has 1 N–H and O–H groups in total. The van der Waals surface area contributed by atoms with Crippen LogP contribution in [0.15, 0.2) is 56.6 Å². The maximum absolute atomic E-state index is 13.4. The molecule has 1 fully saturated rings. The van der Waals surface area contributed by atoms with E-state index < -0.39 is 21.8 Å². The molecule has 2 aromatic carbocycles. The normalized spacial score (nSPS) is 15.5. The number of benzene rings is 2. The number of nitrogens with one attached hydrogen (secondary N) is 1. The fourth-order valence-electron chi connectivity index (χ4n) is 4.41. The van der Waals surface area contributed by atoms with Gasteiger partial charge in [0.15, 0.2) is 5.58 Å². The first-order valence-electron chi connectivity index (χ1n) is 11.9. The summed E-state index contributed by atoms with van der Waals surface area (Å²) in [5.74, 6) is 0.0601. The fraction of sp³-hybridized carbons (Fsp3) is 0.440. The van der Waals surface area contributed by atoms with Crippen LogP contribution >= 0.6 is 0 Å². The summed E-state index contributed by atoms with van der Waals surface area (Å²) in [6.45, 7) is 6.15. The Kier molecular flexibility index (Phi) is 7.41. The number of sulfonamides is 1. The first-order chi connectivity index (χ1) is 17.1. The quantitative estimate of drug-likeness (QED) is 0.488. The molecule has 0 saturated carbocycles. The van der Waals surface area contributed by atoms with E-state index in [2.05, 4.69) is 9.62 Å². The number of hydrogen-bond acceptors (Lipinski definition) is 7. The lowest BCUT2D eigenvalue weighted by molar-refractivity contribution is -0.133. The minimum Gasteiger partial charge on any atom is -0.497 e. The summed E-state index contributed by atoms with van der Waals surface area (Å²) in [6.07, 6.45) is 0.361. The highest BCUT2D eigenvalue weighted by Crippen LogP contribution is 2.22. The highest BCUT2D eigenvalue weighted by molar-refractivity contribution is 7.89. The largest absolute Gasteiger partial charge is 0.497 e. The van der Waals surface area contributed by atoms with Gasteiger partial charge in [-0.05, 0) is 48.7 Å². The van der Waals surface area contributed by atoms with Gasteiger partial charge in [-0.1, -0.05) is 13.8 Å². The van der Waals surface area contributed by atoms with Crippen LogP contribution in [0.5, 0.6) is 5.75 Å². The van der Waals surface area contributed by atoms with Gasteiger partial charge < -0.3 is 19.0 Å². The first-order valence-corrected chi connectivity index (χ1v) is 13.4. The Bertz CT molecular complexity index is 1390. The molecule has 194 valence electrons. The molecule has 0 spiro atoms. The number of carbonyl (C=O) groups is 1. The highest BCUT2D eigenvalue weighted by atomic mass is 32.2. The van der Waals surface area contributed by atoms with Crippen LogP contribution < -0.4 is 20.1 Å². The fourth-order valence-corrected chi connectivity index (χ4v) is 5.62. The summed E-state index contributed by atoms with van der Waals surface area (Å²) < 4.78 is 40.7. The second kappa shape index (κ2) is 10.4. The molecule has 1 unspecified atom stereocenters. The molecule has 36 heavy (non-hydrogen) atoms. The van der Waals surface area contributed by atoms with E-state index in [1.165, 1.54) is 22.8 Å². The molecule has 2 heterocycles. The van der Waals surface area contributed by atoms with Crippen molar-refractivity contribution in [1.82, 2.24) is 14.2 Å². The van der Waals surface area contributed by atoms with Gasteiger partial charge in [-0.15, -0.1) is 0 Å². The van der Waals surface area contributed by atoms with Crippen LogP contribution in [-0.2, 0) is 21.9 Å². The molecule has 11 heteroatoms. The average molecular weight is 517 g/mol. The van der Waals surface area contributed by atoms with E-state index >= 15 is 0 Å². The molecular formula is C25H32N4O6S. The van der Waals surface area contributed by atoms with Gasteiger partial charge >= 0.3 is 5.76 Å². The SMILES string of the molecule is COc1ccc(N2CCN(C(=O)C(CC(C)C)NS(=O)(=O)c3ccc4c(c3)oc(=O)n4C)CC2)cc1. The minimum atomic E-state index is -4.04. The third kappa shape index (κ3) is 5.41. The number of anilines is 1. The summed E-state index contributed by atoms with van der Waals surface area (Å²) in [7, 11) is -0.864. The molecule has 0 radical (unpaired) electrons. The smallest absolute Gasteiger partial charge is 0.419 e. The van der Waals surface area contributed by atoms with E-state index in [9.17, 15) is 18.0 Å². The number of fused-ring (bicyclic) bond motifs is 1. The van der Waals surface area contributed by atoms with Crippen molar-refractivity contribution in [3.63, 3.8) is 0 Å². The molecule has 1 aliphatic heterocycles. The maximum Gasteiger partial charge on any atom is 0.419 e. The monoisotopic (exact) mass is 516 g/mol. The summed E-state index contributed by atoms with van der Waals surface area (Å²) >= 11 is 0. The highest BCUT2D eigenvalue weighted by Gasteiger charge is 2.32. The predicted octanol–water partition coefficient (Wildman–Crippen LogP) is 2.18. The van der Waals surface area contributed by atoms with Gasteiger partial charge in [0.1, 0.15) is 11.8 Å². The molecule has 10 nitrogen and oxygen atoms in total. The van der Waals surface area contributed by atoms with Crippen molar-refractivity contribution in [3.05, 3.63) is 53.0 Å². The van der Waals surface area contributed by atoms with Gasteiger partial charge in [0, 0.05) is 45.0 Å². The number of aromatic nitrogens is 1. The van der Waals surface area contributed by atoms with Crippen LogP contribution in [0.25, 0.3) is 11.1 Å². The number of rotatable bonds is 8. The summed E-state index contributed by atoms with van der Waals surface area (Å²) in [6, 6.07) is 11.1. The second-order valence-electron chi connectivity index (χ2n) is 9.37. The van der Waals surface area contributed by atoms with Crippen molar-refractivity contribution in [1.29, 1.82) is 0 Å². The van der Waals surface area contributed by atoms with Gasteiger partial charge in [-0.2, -0.15) is 4.72 Å². The lowest BCUT2D eigenvalue weighted by Crippen LogP contribution is -2.55. The van der Waals surface area contributed by atoms with Crippen molar-refractivity contribution in [2.75, 3.05) is 38.2 Å². The number of oxazole rings is 1. The number of nitrogens with zero attached hydrogens (tertiary/aromatic N) is 3. The summed E-state index contributed by atoms with van der Waals surface area (Å²) in [5.41, 5.74) is 1.71. The van der Waals surface area contributed by atoms with E-state index in [0.29, 0.717) is 38.1 Å². The Hall–Kier alpha value is -3.31. The number of amides is 1. The van der Waals surface area contributed by atoms with Crippen molar-refractivity contribution in [3.8, 4) is 5.75 Å². The minimum absolute atomic E-state index is 0.0600. The zero-order valence-corrected chi connectivity index (χ0v) is 21.7. The lowest BCUT2D eigenvalue weighted by atomic mass is 10.0. The van der Waals surface area contributed by atoms with Gasteiger partial charge in [0.05, 0.1) is 17.5 Å².